The number of carbonyl (C=O) groups excluding carboxylic acids is 2. The minimum Gasteiger partial charge on any atom is -0.370 e. The van der Waals surface area contributed by atoms with E-state index in [-0.39, 0.29) is 25.2 Å². The highest BCUT2D eigenvalue weighted by molar-refractivity contribution is 8.00. The molecule has 0 saturated carbocycles. The van der Waals surface area contributed by atoms with Crippen LogP contribution in [-0.4, -0.2) is 34.0 Å². The predicted octanol–water partition coefficient (Wildman–Crippen LogP) is 4.50. The Morgan fingerprint density at radius 2 is 1.38 bits per heavy atom. The molecule has 3 aromatic carbocycles. The van der Waals surface area contributed by atoms with E-state index in [2.05, 4.69) is 36.4 Å². The second-order valence-electron chi connectivity index (χ2n) is 7.58. The third-order valence-electron chi connectivity index (χ3n) is 5.50. The fraction of sp³-hybridized carbons (Fsp3) is 0.231. The van der Waals surface area contributed by atoms with Crippen LogP contribution < -0.4 is 0 Å². The molecule has 4 rings (SSSR count). The number of amides is 1. The van der Waals surface area contributed by atoms with Gasteiger partial charge in [0, 0.05) is 18.6 Å². The Morgan fingerprint density at radius 1 is 0.906 bits per heavy atom. The normalized spacial score (nSPS) is 16.2. The summed E-state index contributed by atoms with van der Waals surface area (Å²) in [5, 5.41) is 10.6. The fourth-order valence-corrected chi connectivity index (χ4v) is 5.45. The minimum atomic E-state index is -1.06. The van der Waals surface area contributed by atoms with Crippen LogP contribution in [0.15, 0.2) is 91.0 Å². The van der Waals surface area contributed by atoms with Gasteiger partial charge in [-0.05, 0) is 16.7 Å². The van der Waals surface area contributed by atoms with E-state index in [0.717, 1.165) is 21.8 Å². The quantitative estimate of drug-likeness (QED) is 0.515. The Balaban J connectivity index is 1.61. The van der Waals surface area contributed by atoms with Crippen LogP contribution in [0.1, 0.15) is 36.0 Å². The van der Waals surface area contributed by atoms with E-state index in [1.165, 1.54) is 0 Å². The Bertz CT molecular complexity index is 947. The summed E-state index contributed by atoms with van der Waals surface area (Å²) in [5.41, 5.74) is 3.34. The van der Waals surface area contributed by atoms with Gasteiger partial charge >= 0.3 is 5.97 Å². The third-order valence-corrected chi connectivity index (χ3v) is 7.05. The topological polar surface area (TPSA) is 66.8 Å². The van der Waals surface area contributed by atoms with Gasteiger partial charge in [-0.3, -0.25) is 4.79 Å². The lowest BCUT2D eigenvalue weighted by Gasteiger charge is -2.35. The van der Waals surface area contributed by atoms with Gasteiger partial charge in [-0.1, -0.05) is 91.0 Å². The van der Waals surface area contributed by atoms with E-state index in [1.807, 2.05) is 54.6 Å². The van der Waals surface area contributed by atoms with Crippen LogP contribution >= 0.6 is 11.8 Å². The maximum Gasteiger partial charge on any atom is 0.333 e. The van der Waals surface area contributed by atoms with Gasteiger partial charge in [-0.25, -0.2) is 4.79 Å². The third kappa shape index (κ3) is 4.56. The number of benzene rings is 3. The first-order chi connectivity index (χ1) is 15.6. The smallest absolute Gasteiger partial charge is 0.333 e. The summed E-state index contributed by atoms with van der Waals surface area (Å²) in [4.78, 5) is 29.4. The molecule has 0 aromatic heterocycles. The highest BCUT2D eigenvalue weighted by Crippen LogP contribution is 2.48. The van der Waals surface area contributed by atoms with E-state index < -0.39 is 16.9 Å². The van der Waals surface area contributed by atoms with E-state index in [1.54, 1.807) is 11.8 Å². The molecule has 0 radical (unpaired) electrons. The Labute approximate surface area is 192 Å². The number of rotatable bonds is 8. The first-order valence-electron chi connectivity index (χ1n) is 10.6. The molecule has 1 heterocycles. The van der Waals surface area contributed by atoms with Crippen molar-refractivity contribution in [2.75, 3.05) is 5.75 Å². The van der Waals surface area contributed by atoms with Crippen LogP contribution in [0, 0.1) is 0 Å². The summed E-state index contributed by atoms with van der Waals surface area (Å²) in [6.07, 6.45) is -0.492. The molecule has 1 aliphatic rings. The lowest BCUT2D eigenvalue weighted by Crippen LogP contribution is -2.35. The van der Waals surface area contributed by atoms with E-state index in [0.29, 0.717) is 5.75 Å². The summed E-state index contributed by atoms with van der Waals surface area (Å²) in [6, 6.07) is 30.7. The van der Waals surface area contributed by atoms with E-state index >= 15 is 0 Å². The SMILES string of the molecule is O=C(CCSC(c1ccccc1)(c1ccccc1)c1ccccc1)ON1C(=O)CCC1O. The molecule has 1 amide bonds. The second-order valence-corrected chi connectivity index (χ2v) is 8.89. The fourth-order valence-electron chi connectivity index (χ4n) is 3.97. The van der Waals surface area contributed by atoms with Crippen molar-refractivity contribution >= 4 is 23.6 Å². The average molecular weight is 448 g/mol. The molecule has 0 aliphatic carbocycles. The van der Waals surface area contributed by atoms with Crippen LogP contribution in [-0.2, 0) is 19.2 Å². The molecule has 1 fully saturated rings. The van der Waals surface area contributed by atoms with Crippen LogP contribution in [0.4, 0.5) is 0 Å². The zero-order valence-corrected chi connectivity index (χ0v) is 18.4. The second kappa shape index (κ2) is 10.0. The number of hydroxylamine groups is 2. The molecule has 5 nitrogen and oxygen atoms in total. The summed E-state index contributed by atoms with van der Waals surface area (Å²) < 4.78 is -0.521. The molecule has 0 bridgehead atoms. The van der Waals surface area contributed by atoms with Gasteiger partial charge in [-0.15, -0.1) is 16.8 Å². The number of hydrogen-bond acceptors (Lipinski definition) is 5. The molecular weight excluding hydrogens is 422 g/mol. The van der Waals surface area contributed by atoms with Crippen molar-refractivity contribution in [3.05, 3.63) is 108 Å². The maximum atomic E-state index is 12.4. The molecule has 0 spiro atoms. The Hall–Kier alpha value is -3.09. The van der Waals surface area contributed by atoms with Crippen LogP contribution in [0.3, 0.4) is 0 Å². The van der Waals surface area contributed by atoms with Crippen LogP contribution in [0.25, 0.3) is 0 Å². The molecule has 3 aromatic rings. The zero-order chi connectivity index (χ0) is 22.4. The van der Waals surface area contributed by atoms with Crippen LogP contribution in [0.5, 0.6) is 0 Å². The first-order valence-corrected chi connectivity index (χ1v) is 11.6. The standard InChI is InChI=1S/C26H25NO4S/c28-23-16-17-24(29)27(23)31-25(30)18-19-32-26(20-10-4-1-5-11-20,21-12-6-2-7-13-21)22-14-8-3-9-15-22/h1-15,23,28H,16-19H2. The summed E-state index contributed by atoms with van der Waals surface area (Å²) >= 11 is 1.65. The van der Waals surface area contributed by atoms with Crippen LogP contribution in [0.2, 0.25) is 0 Å². The highest BCUT2D eigenvalue weighted by atomic mass is 32.2. The van der Waals surface area contributed by atoms with Gasteiger partial charge in [0.25, 0.3) is 5.91 Å². The van der Waals surface area contributed by atoms with Crippen molar-refractivity contribution in [3.8, 4) is 0 Å². The summed E-state index contributed by atoms with van der Waals surface area (Å²) in [7, 11) is 0. The lowest BCUT2D eigenvalue weighted by atomic mass is 9.84. The summed E-state index contributed by atoms with van der Waals surface area (Å²) in [6.45, 7) is 0. The van der Waals surface area contributed by atoms with E-state index in [4.69, 9.17) is 4.84 Å². The molecule has 1 N–H and O–H groups in total. The van der Waals surface area contributed by atoms with Crippen molar-refractivity contribution < 1.29 is 19.5 Å². The largest absolute Gasteiger partial charge is 0.370 e. The van der Waals surface area contributed by atoms with Gasteiger partial charge < -0.3 is 9.94 Å². The number of aliphatic hydroxyl groups excluding tert-OH is 1. The number of carbonyl (C=O) groups is 2. The van der Waals surface area contributed by atoms with Crippen molar-refractivity contribution in [1.29, 1.82) is 0 Å². The average Bonchev–Trinajstić information content (AvgIpc) is 3.16. The molecule has 1 unspecified atom stereocenters. The summed E-state index contributed by atoms with van der Waals surface area (Å²) in [5.74, 6) is -0.434. The molecular formula is C26H25NO4S. The van der Waals surface area contributed by atoms with Gasteiger partial charge in [0.2, 0.25) is 0 Å². The first kappa shape index (κ1) is 22.1. The van der Waals surface area contributed by atoms with Crippen molar-refractivity contribution in [3.63, 3.8) is 0 Å². The molecule has 1 aliphatic heterocycles. The molecule has 32 heavy (non-hydrogen) atoms. The number of thioether (sulfide) groups is 1. The number of hydrogen-bond donors (Lipinski definition) is 1. The molecule has 1 atom stereocenters. The number of aliphatic hydroxyl groups is 1. The van der Waals surface area contributed by atoms with Gasteiger partial charge in [-0.2, -0.15) is 0 Å². The predicted molar refractivity (Wildman–Crippen MR) is 124 cm³/mol. The van der Waals surface area contributed by atoms with Gasteiger partial charge in [0.1, 0.15) is 0 Å². The minimum absolute atomic E-state index is 0.107. The zero-order valence-electron chi connectivity index (χ0n) is 17.6. The number of nitrogens with zero attached hydrogens (tertiary/aromatic N) is 1. The van der Waals surface area contributed by atoms with Gasteiger partial charge in [0.05, 0.1) is 11.2 Å². The maximum absolute atomic E-state index is 12.4. The monoisotopic (exact) mass is 447 g/mol. The lowest BCUT2D eigenvalue weighted by molar-refractivity contribution is -0.220. The highest BCUT2D eigenvalue weighted by Gasteiger charge is 2.37. The Morgan fingerprint density at radius 3 is 1.78 bits per heavy atom. The van der Waals surface area contributed by atoms with Crippen molar-refractivity contribution in [2.24, 2.45) is 0 Å². The Kier molecular flexibility index (Phi) is 6.93. The molecule has 164 valence electrons. The van der Waals surface area contributed by atoms with Gasteiger partial charge in [0.15, 0.2) is 6.23 Å². The molecule has 6 heteroatoms. The van der Waals surface area contributed by atoms with Crippen molar-refractivity contribution in [2.45, 2.75) is 30.2 Å². The van der Waals surface area contributed by atoms with E-state index in [9.17, 15) is 14.7 Å². The van der Waals surface area contributed by atoms with Crippen molar-refractivity contribution in [1.82, 2.24) is 5.06 Å². The molecule has 1 saturated heterocycles.